The van der Waals surface area contributed by atoms with Gasteiger partial charge in [0.25, 0.3) is 0 Å². The second kappa shape index (κ2) is 4.67. The molecule has 0 aliphatic rings. The number of nitrogens with two attached hydrogens (primary N) is 1. The van der Waals surface area contributed by atoms with Gasteiger partial charge in [-0.15, -0.1) is 0 Å². The van der Waals surface area contributed by atoms with Crippen LogP contribution in [0.5, 0.6) is 0 Å². The van der Waals surface area contributed by atoms with Crippen LogP contribution in [0.4, 0.5) is 4.39 Å². The molecule has 0 bridgehead atoms. The molecule has 2 rings (SSSR count). The largest absolute Gasteiger partial charge is 0.330 e. The number of rotatable bonds is 3. The summed E-state index contributed by atoms with van der Waals surface area (Å²) < 4.78 is 15.5. The maximum absolute atomic E-state index is 13.7. The van der Waals surface area contributed by atoms with Gasteiger partial charge in [0.2, 0.25) is 0 Å². The van der Waals surface area contributed by atoms with Crippen LogP contribution in [-0.2, 0) is 13.5 Å². The molecule has 0 saturated carbocycles. The van der Waals surface area contributed by atoms with Crippen molar-refractivity contribution >= 4 is 0 Å². The van der Waals surface area contributed by atoms with Crippen LogP contribution in [0.2, 0.25) is 0 Å². The van der Waals surface area contributed by atoms with E-state index < -0.39 is 0 Å². The molecule has 2 N–H and O–H groups in total. The molecule has 0 unspecified atom stereocenters. The lowest BCUT2D eigenvalue weighted by atomic mass is 10.1. The third-order valence-electron chi connectivity index (χ3n) is 2.94. The predicted molar refractivity (Wildman–Crippen MR) is 66.1 cm³/mol. The first-order valence-electron chi connectivity index (χ1n) is 5.62. The average Bonchev–Trinajstić information content (AvgIpc) is 2.58. The van der Waals surface area contributed by atoms with E-state index in [-0.39, 0.29) is 5.82 Å². The van der Waals surface area contributed by atoms with Crippen molar-refractivity contribution in [1.29, 1.82) is 0 Å². The van der Waals surface area contributed by atoms with Crippen molar-refractivity contribution in [2.75, 3.05) is 6.54 Å². The molecule has 0 amide bonds. The highest BCUT2D eigenvalue weighted by Crippen LogP contribution is 2.26. The van der Waals surface area contributed by atoms with Crippen molar-refractivity contribution in [1.82, 2.24) is 9.78 Å². The first-order valence-corrected chi connectivity index (χ1v) is 5.62. The summed E-state index contributed by atoms with van der Waals surface area (Å²) in [6.07, 6.45) is 0.754. The molecule has 1 aromatic carbocycles. The SMILES string of the molecule is Cc1c(-c2ccccc2F)nn(C)c1CCN. The van der Waals surface area contributed by atoms with Gasteiger partial charge in [0.05, 0.1) is 5.69 Å². The van der Waals surface area contributed by atoms with E-state index in [9.17, 15) is 4.39 Å². The number of halogens is 1. The number of benzene rings is 1. The Morgan fingerprint density at radius 3 is 2.71 bits per heavy atom. The standard InChI is InChI=1S/C13H16FN3/c1-9-12(7-8-15)17(2)16-13(9)10-5-3-4-6-11(10)14/h3-6H,7-8,15H2,1-2H3. The molecule has 0 saturated heterocycles. The number of nitrogens with zero attached hydrogens (tertiary/aromatic N) is 2. The normalized spacial score (nSPS) is 10.8. The highest BCUT2D eigenvalue weighted by Gasteiger charge is 2.15. The van der Waals surface area contributed by atoms with E-state index in [4.69, 9.17) is 5.73 Å². The number of aryl methyl sites for hydroxylation is 1. The summed E-state index contributed by atoms with van der Waals surface area (Å²) in [6.45, 7) is 2.52. The van der Waals surface area contributed by atoms with Gasteiger partial charge >= 0.3 is 0 Å². The molecule has 3 nitrogen and oxygen atoms in total. The van der Waals surface area contributed by atoms with Crippen LogP contribution in [0.25, 0.3) is 11.3 Å². The van der Waals surface area contributed by atoms with Gasteiger partial charge < -0.3 is 5.73 Å². The molecule has 0 aliphatic heterocycles. The third-order valence-corrected chi connectivity index (χ3v) is 2.94. The van der Waals surface area contributed by atoms with Gasteiger partial charge in [0.1, 0.15) is 5.82 Å². The smallest absolute Gasteiger partial charge is 0.132 e. The lowest BCUT2D eigenvalue weighted by molar-refractivity contribution is 0.629. The summed E-state index contributed by atoms with van der Waals surface area (Å²) in [6, 6.07) is 6.69. The van der Waals surface area contributed by atoms with Crippen LogP contribution < -0.4 is 5.73 Å². The summed E-state index contributed by atoms with van der Waals surface area (Å²) in [5, 5.41) is 4.38. The summed E-state index contributed by atoms with van der Waals surface area (Å²) in [4.78, 5) is 0. The van der Waals surface area contributed by atoms with Crippen molar-refractivity contribution in [2.45, 2.75) is 13.3 Å². The van der Waals surface area contributed by atoms with Crippen molar-refractivity contribution in [3.63, 3.8) is 0 Å². The van der Waals surface area contributed by atoms with Gasteiger partial charge in [-0.25, -0.2) is 4.39 Å². The highest BCUT2D eigenvalue weighted by molar-refractivity contribution is 5.64. The molecule has 1 aromatic heterocycles. The molecule has 0 radical (unpaired) electrons. The minimum atomic E-state index is -0.243. The Balaban J connectivity index is 2.54. The van der Waals surface area contributed by atoms with Gasteiger partial charge in [-0.05, 0) is 31.2 Å². The number of hydrogen-bond donors (Lipinski definition) is 1. The average molecular weight is 233 g/mol. The molecule has 90 valence electrons. The monoisotopic (exact) mass is 233 g/mol. The Kier molecular flexibility index (Phi) is 3.24. The maximum atomic E-state index is 13.7. The lowest BCUT2D eigenvalue weighted by Gasteiger charge is -2.01. The van der Waals surface area contributed by atoms with Crippen LogP contribution in [0, 0.1) is 12.7 Å². The Bertz CT molecular complexity index is 531. The Morgan fingerprint density at radius 2 is 2.06 bits per heavy atom. The van der Waals surface area contributed by atoms with Crippen LogP contribution in [0.3, 0.4) is 0 Å². The fourth-order valence-electron chi connectivity index (χ4n) is 2.06. The first kappa shape index (κ1) is 11.8. The second-order valence-electron chi connectivity index (χ2n) is 4.06. The number of aromatic nitrogens is 2. The topological polar surface area (TPSA) is 43.8 Å². The molecule has 4 heteroatoms. The van der Waals surface area contributed by atoms with Crippen LogP contribution in [0.15, 0.2) is 24.3 Å². The van der Waals surface area contributed by atoms with E-state index in [1.54, 1.807) is 16.8 Å². The second-order valence-corrected chi connectivity index (χ2v) is 4.06. The molecule has 17 heavy (non-hydrogen) atoms. The molecule has 0 spiro atoms. The fourth-order valence-corrected chi connectivity index (χ4v) is 2.06. The van der Waals surface area contributed by atoms with Crippen LogP contribution >= 0.6 is 0 Å². The molecule has 1 heterocycles. The van der Waals surface area contributed by atoms with E-state index in [1.807, 2.05) is 20.0 Å². The lowest BCUT2D eigenvalue weighted by Crippen LogP contribution is -2.08. The predicted octanol–water partition coefficient (Wildman–Crippen LogP) is 2.04. The van der Waals surface area contributed by atoms with Gasteiger partial charge in [-0.2, -0.15) is 5.10 Å². The highest BCUT2D eigenvalue weighted by atomic mass is 19.1. The first-order chi connectivity index (χ1) is 8.15. The Labute approximate surface area is 100 Å². The van der Waals surface area contributed by atoms with Gasteiger partial charge in [0, 0.05) is 24.7 Å². The quantitative estimate of drug-likeness (QED) is 0.881. The Hall–Kier alpha value is -1.68. The van der Waals surface area contributed by atoms with E-state index in [1.165, 1.54) is 6.07 Å². The zero-order chi connectivity index (χ0) is 12.4. The maximum Gasteiger partial charge on any atom is 0.132 e. The summed E-state index contributed by atoms with van der Waals surface area (Å²) in [5.74, 6) is -0.243. The Morgan fingerprint density at radius 1 is 1.35 bits per heavy atom. The van der Waals surface area contributed by atoms with Crippen molar-refractivity contribution in [3.05, 3.63) is 41.3 Å². The van der Waals surface area contributed by atoms with E-state index in [2.05, 4.69) is 5.10 Å². The molecule has 2 aromatic rings. The zero-order valence-corrected chi connectivity index (χ0v) is 10.1. The zero-order valence-electron chi connectivity index (χ0n) is 10.1. The van der Waals surface area contributed by atoms with E-state index in [0.29, 0.717) is 17.8 Å². The summed E-state index contributed by atoms with van der Waals surface area (Å²) in [7, 11) is 1.86. The third kappa shape index (κ3) is 2.08. The van der Waals surface area contributed by atoms with Crippen LogP contribution in [-0.4, -0.2) is 16.3 Å². The minimum absolute atomic E-state index is 0.243. The van der Waals surface area contributed by atoms with E-state index in [0.717, 1.165) is 17.7 Å². The van der Waals surface area contributed by atoms with Crippen molar-refractivity contribution in [3.8, 4) is 11.3 Å². The van der Waals surface area contributed by atoms with Crippen LogP contribution in [0.1, 0.15) is 11.3 Å². The molecule has 0 aliphatic carbocycles. The molecule has 0 fully saturated rings. The fraction of sp³-hybridized carbons (Fsp3) is 0.308. The van der Waals surface area contributed by atoms with E-state index >= 15 is 0 Å². The van der Waals surface area contributed by atoms with Gasteiger partial charge in [0.15, 0.2) is 0 Å². The van der Waals surface area contributed by atoms with Gasteiger partial charge in [-0.3, -0.25) is 4.68 Å². The van der Waals surface area contributed by atoms with Gasteiger partial charge in [-0.1, -0.05) is 12.1 Å². The molecular weight excluding hydrogens is 217 g/mol. The minimum Gasteiger partial charge on any atom is -0.330 e. The molecular formula is C13H16FN3. The summed E-state index contributed by atoms with van der Waals surface area (Å²) >= 11 is 0. The van der Waals surface area contributed by atoms with Crippen molar-refractivity contribution in [2.24, 2.45) is 12.8 Å². The molecule has 0 atom stereocenters. The number of hydrogen-bond acceptors (Lipinski definition) is 2. The summed E-state index contributed by atoms with van der Waals surface area (Å²) in [5.41, 5.74) is 8.87. The van der Waals surface area contributed by atoms with Crippen molar-refractivity contribution < 1.29 is 4.39 Å².